The minimum absolute atomic E-state index is 0.0371. The summed E-state index contributed by atoms with van der Waals surface area (Å²) in [6.07, 6.45) is 6.48. The van der Waals surface area contributed by atoms with Gasteiger partial charge in [0.2, 0.25) is 0 Å². The zero-order valence-electron chi connectivity index (χ0n) is 45.3. The average molecular weight is 1150 g/mol. The molecule has 5 aromatic rings. The molecule has 0 aliphatic heterocycles. The Hall–Kier alpha value is -11.8. The van der Waals surface area contributed by atoms with Crippen LogP contribution in [0.4, 0.5) is 0 Å². The summed E-state index contributed by atoms with van der Waals surface area (Å²) in [5.74, 6) is -12.2. The molecule has 0 saturated heterocycles. The number of hydrogen-bond donors (Lipinski definition) is 0. The summed E-state index contributed by atoms with van der Waals surface area (Å²) in [6, 6.07) is 12.9. The van der Waals surface area contributed by atoms with Crippen LogP contribution in [0, 0.1) is 0 Å². The molecule has 85 heavy (non-hydrogen) atoms. The second-order valence-electron chi connectivity index (χ2n) is 17.5. The van der Waals surface area contributed by atoms with Crippen molar-refractivity contribution in [2.75, 3.05) is 0 Å². The molecule has 5 aromatic carbocycles. The van der Waals surface area contributed by atoms with Crippen molar-refractivity contribution >= 4 is 59.7 Å². The first-order chi connectivity index (χ1) is 40.7. The summed E-state index contributed by atoms with van der Waals surface area (Å²) >= 11 is 0. The third kappa shape index (κ3) is 16.2. The first-order valence-corrected chi connectivity index (χ1v) is 24.9. The van der Waals surface area contributed by atoms with Crippen LogP contribution in [0.25, 0.3) is 0 Å². The molecule has 0 aromatic heterocycles. The van der Waals surface area contributed by atoms with Crippen molar-refractivity contribution < 1.29 is 95.3 Å². The topological polar surface area (TPSA) is 263 Å². The molecule has 0 saturated carbocycles. The highest BCUT2D eigenvalue weighted by Crippen LogP contribution is 2.43. The van der Waals surface area contributed by atoms with E-state index in [1.807, 2.05) is 0 Å². The summed E-state index contributed by atoms with van der Waals surface area (Å²) in [4.78, 5) is 132. The molecule has 10 aliphatic carbocycles. The lowest BCUT2D eigenvalue weighted by Crippen LogP contribution is -2.13. The third-order valence-corrected chi connectivity index (χ3v) is 11.9. The van der Waals surface area contributed by atoms with E-state index in [0.717, 1.165) is 60.8 Å². The molecule has 0 unspecified atom stereocenters. The Morgan fingerprint density at radius 2 is 0.282 bits per heavy atom. The molecule has 15 rings (SSSR count). The van der Waals surface area contributed by atoms with Gasteiger partial charge in [-0.05, 0) is 60.7 Å². The molecule has 10 aliphatic rings. The van der Waals surface area contributed by atoms with Crippen molar-refractivity contribution in [1.82, 2.24) is 0 Å². The van der Waals surface area contributed by atoms with Crippen molar-refractivity contribution in [2.45, 2.75) is 32.1 Å². The van der Waals surface area contributed by atoms with Gasteiger partial charge in [-0.2, -0.15) is 0 Å². The number of carbonyl (C=O) groups excluding carboxylic acids is 10. The van der Waals surface area contributed by atoms with Crippen molar-refractivity contribution in [1.29, 1.82) is 0 Å². The van der Waals surface area contributed by atoms with Crippen molar-refractivity contribution in [3.8, 4) is 57.5 Å². The zero-order valence-corrected chi connectivity index (χ0v) is 45.3. The Balaban J connectivity index is 1.87. The quantitative estimate of drug-likeness (QED) is 0.0392. The molecule has 0 fully saturated rings. The number of carbonyl (C=O) groups is 10. The molecular weight excluding hydrogens is 1100 g/mol. The van der Waals surface area contributed by atoms with Gasteiger partial charge in [0, 0.05) is 148 Å². The number of benzene rings is 5. The smallest absolute Gasteiger partial charge is 0.335 e. The highest BCUT2D eigenvalue weighted by Gasteiger charge is 2.28. The van der Waals surface area contributed by atoms with Gasteiger partial charge in [0.25, 0.3) is 0 Å². The Labute approximate surface area is 485 Å². The SMILES string of the molecule is C=CC(=O)Oc1cc2c(OC(=O)C=C)cc1Cc1cc(OC(=O)C=C)c(cc1OC(=O)C=C)Cc1cc(OC(=O)C=C)c(cc1OC(=O)C=C)Cc1cc(OC(=O)C=C)c(cc1OC(=O)C=C)Cc1cc(OC(=O)C=C)c(cc1OC(=O)C=C)C2. The average Bonchev–Trinajstić information content (AvgIpc) is 3.68. The van der Waals surface area contributed by atoms with Crippen LogP contribution in [0.3, 0.4) is 0 Å². The summed E-state index contributed by atoms with van der Waals surface area (Å²) in [6.45, 7) is 35.1. The first-order valence-electron chi connectivity index (χ1n) is 24.9. The van der Waals surface area contributed by atoms with Crippen molar-refractivity contribution in [2.24, 2.45) is 0 Å². The van der Waals surface area contributed by atoms with E-state index >= 15 is 0 Å². The highest BCUT2D eigenvalue weighted by atomic mass is 16.6. The van der Waals surface area contributed by atoms with Gasteiger partial charge in [-0.1, -0.05) is 65.8 Å². The second kappa shape index (κ2) is 28.6. The maximum Gasteiger partial charge on any atom is 0.335 e. The van der Waals surface area contributed by atoms with Crippen LogP contribution in [-0.4, -0.2) is 59.7 Å². The molecule has 0 amide bonds. The van der Waals surface area contributed by atoms with Crippen LogP contribution in [0.1, 0.15) is 55.6 Å². The Morgan fingerprint density at radius 1 is 0.200 bits per heavy atom. The first kappa shape index (κ1) is 62.4. The van der Waals surface area contributed by atoms with Crippen LogP contribution in [0.15, 0.2) is 187 Å². The normalized spacial score (nSPS) is 11.1. The van der Waals surface area contributed by atoms with Crippen LogP contribution < -0.4 is 47.4 Å². The Kier molecular flexibility index (Phi) is 21.0. The minimum Gasteiger partial charge on any atom is -0.423 e. The largest absolute Gasteiger partial charge is 0.423 e. The van der Waals surface area contributed by atoms with E-state index in [9.17, 15) is 47.9 Å². The van der Waals surface area contributed by atoms with E-state index in [1.165, 1.54) is 60.7 Å². The van der Waals surface area contributed by atoms with Crippen LogP contribution in [0.2, 0.25) is 0 Å². The maximum atomic E-state index is 13.2. The van der Waals surface area contributed by atoms with Gasteiger partial charge in [-0.25, -0.2) is 47.9 Å². The number of esters is 10. The summed E-state index contributed by atoms with van der Waals surface area (Å²) < 4.78 is 57.9. The maximum absolute atomic E-state index is 13.2. The van der Waals surface area contributed by atoms with Gasteiger partial charge in [-0.15, -0.1) is 0 Å². The molecule has 20 nitrogen and oxygen atoms in total. The van der Waals surface area contributed by atoms with Crippen LogP contribution in [-0.2, 0) is 80.0 Å². The predicted octanol–water partition coefficient (Wildman–Crippen LogP) is 8.87. The molecular formula is C65H50O20. The number of rotatable bonds is 20. The van der Waals surface area contributed by atoms with Crippen LogP contribution >= 0.6 is 0 Å². The Bertz CT molecular complexity index is 2970. The third-order valence-electron chi connectivity index (χ3n) is 11.9. The van der Waals surface area contributed by atoms with Crippen LogP contribution in [0.5, 0.6) is 57.5 Å². The standard InChI is InChI=1S/C65H50O20/c1-11-56(66)76-46-26-37-22-39-29-51(81-61(71)16-6)41(31-50(39)80-60(70)15-5)24-43-33-55(85-65(75)20-10)45(35-54(43)84-64(74)19-9)25-44-34-52(82-62(72)17-7)42(32-53(44)83-63(73)18-8)23-40-30-48(78-58(68)13-3)38(28-49(40)79-59(69)14-4)21-36(46)27-47(37)77-57(67)12-2/h11-20,26-35H,1-10,21-25H2. The molecule has 430 valence electrons. The second-order valence-corrected chi connectivity index (χ2v) is 17.5. The van der Waals surface area contributed by atoms with E-state index < -0.39 is 91.8 Å². The lowest BCUT2D eigenvalue weighted by Gasteiger charge is -2.20. The fourth-order valence-electron chi connectivity index (χ4n) is 8.08. The van der Waals surface area contributed by atoms with E-state index in [4.69, 9.17) is 47.4 Å². The van der Waals surface area contributed by atoms with E-state index in [2.05, 4.69) is 65.8 Å². The monoisotopic (exact) mass is 1150 g/mol. The van der Waals surface area contributed by atoms with Gasteiger partial charge in [0.15, 0.2) is 0 Å². The molecule has 0 N–H and O–H groups in total. The highest BCUT2D eigenvalue weighted by molar-refractivity contribution is 5.89. The molecule has 0 radical (unpaired) electrons. The van der Waals surface area contributed by atoms with Gasteiger partial charge < -0.3 is 47.4 Å². The number of hydrogen-bond acceptors (Lipinski definition) is 20. The lowest BCUT2D eigenvalue weighted by atomic mass is 9.94. The molecule has 0 atom stereocenters. The van der Waals surface area contributed by atoms with Gasteiger partial charge in [0.05, 0.1) is 0 Å². The minimum atomic E-state index is -0.990. The van der Waals surface area contributed by atoms with E-state index in [1.54, 1.807) is 0 Å². The van der Waals surface area contributed by atoms with E-state index in [0.29, 0.717) is 0 Å². The van der Waals surface area contributed by atoms with Crippen molar-refractivity contribution in [3.05, 3.63) is 243 Å². The molecule has 20 heteroatoms. The van der Waals surface area contributed by atoms with Gasteiger partial charge >= 0.3 is 59.7 Å². The lowest BCUT2D eigenvalue weighted by molar-refractivity contribution is -0.130. The summed E-state index contributed by atoms with van der Waals surface area (Å²) in [5, 5.41) is 0. The van der Waals surface area contributed by atoms with Gasteiger partial charge in [0.1, 0.15) is 57.5 Å². The van der Waals surface area contributed by atoms with Gasteiger partial charge in [-0.3, -0.25) is 0 Å². The number of ether oxygens (including phenoxy) is 10. The fraction of sp³-hybridized carbons (Fsp3) is 0.0769. The summed E-state index contributed by atoms with van der Waals surface area (Å²) in [5.41, 5.74) is 0.371. The van der Waals surface area contributed by atoms with Crippen molar-refractivity contribution in [3.63, 3.8) is 0 Å². The predicted molar refractivity (Wildman–Crippen MR) is 305 cm³/mol. The van der Waals surface area contributed by atoms with E-state index in [-0.39, 0.29) is 113 Å². The zero-order chi connectivity index (χ0) is 62.1. The molecule has 10 bridgehead atoms. The summed E-state index contributed by atoms with van der Waals surface area (Å²) in [7, 11) is 0. The molecule has 0 spiro atoms. The fourth-order valence-corrected chi connectivity index (χ4v) is 8.08. The Morgan fingerprint density at radius 3 is 0.353 bits per heavy atom. The molecule has 0 heterocycles.